The topological polar surface area (TPSA) is 70.6 Å². The maximum Gasteiger partial charge on any atom is 0.271 e. The summed E-state index contributed by atoms with van der Waals surface area (Å²) in [4.78, 5) is 23.1. The average Bonchev–Trinajstić information content (AvgIpc) is 2.41. The zero-order valence-corrected chi connectivity index (χ0v) is 11.1. The minimum atomic E-state index is -0.246. The number of anilines is 1. The van der Waals surface area contributed by atoms with E-state index in [2.05, 4.69) is 15.8 Å². The van der Waals surface area contributed by atoms with Gasteiger partial charge in [-0.25, -0.2) is 5.43 Å². The molecule has 1 heterocycles. The van der Waals surface area contributed by atoms with Crippen molar-refractivity contribution in [2.24, 2.45) is 5.10 Å². The van der Waals surface area contributed by atoms with Gasteiger partial charge in [-0.1, -0.05) is 25.1 Å². The third kappa shape index (κ3) is 2.99. The highest BCUT2D eigenvalue weighted by atomic mass is 16.2. The van der Waals surface area contributed by atoms with Crippen molar-refractivity contribution in [3.05, 3.63) is 29.3 Å². The van der Waals surface area contributed by atoms with Gasteiger partial charge in [0.1, 0.15) is 5.71 Å². The van der Waals surface area contributed by atoms with E-state index in [-0.39, 0.29) is 11.8 Å². The van der Waals surface area contributed by atoms with Crippen LogP contribution in [0.15, 0.2) is 23.3 Å². The predicted molar refractivity (Wildman–Crippen MR) is 74.0 cm³/mol. The van der Waals surface area contributed by atoms with Crippen LogP contribution in [0.1, 0.15) is 30.9 Å². The molecule has 1 aliphatic heterocycles. The van der Waals surface area contributed by atoms with E-state index in [9.17, 15) is 9.59 Å². The molecule has 0 atom stereocenters. The molecule has 0 saturated heterocycles. The number of rotatable bonds is 3. The van der Waals surface area contributed by atoms with Crippen molar-refractivity contribution in [1.29, 1.82) is 0 Å². The maximum absolute atomic E-state index is 12.1. The number of nitrogens with one attached hydrogen (secondary N) is 2. The summed E-state index contributed by atoms with van der Waals surface area (Å²) in [5, 5.41) is 6.69. The zero-order chi connectivity index (χ0) is 13.8. The zero-order valence-electron chi connectivity index (χ0n) is 11.1. The number of carbonyl (C=O) groups is 2. The summed E-state index contributed by atoms with van der Waals surface area (Å²) in [6.07, 6.45) is 1.53. The SMILES string of the molecule is CCc1cccc(C)c1NC(=O)C1=NNC(=O)CC1. The molecule has 0 bridgehead atoms. The molecule has 0 radical (unpaired) electrons. The summed E-state index contributed by atoms with van der Waals surface area (Å²) >= 11 is 0. The van der Waals surface area contributed by atoms with Crippen LogP contribution in [0.2, 0.25) is 0 Å². The van der Waals surface area contributed by atoms with Gasteiger partial charge in [-0.05, 0) is 24.5 Å². The number of hydrogen-bond donors (Lipinski definition) is 2. The van der Waals surface area contributed by atoms with E-state index in [0.29, 0.717) is 18.6 Å². The summed E-state index contributed by atoms with van der Waals surface area (Å²) in [7, 11) is 0. The first-order chi connectivity index (χ1) is 9.11. The molecule has 100 valence electrons. The second-order valence-electron chi connectivity index (χ2n) is 4.51. The van der Waals surface area contributed by atoms with E-state index in [1.165, 1.54) is 0 Å². The molecule has 0 aromatic heterocycles. The fraction of sp³-hybridized carbons (Fsp3) is 0.357. The lowest BCUT2D eigenvalue weighted by atomic mass is 10.1. The van der Waals surface area contributed by atoms with Gasteiger partial charge in [0, 0.05) is 18.5 Å². The number of para-hydroxylation sites is 1. The normalized spacial score (nSPS) is 14.6. The number of carbonyl (C=O) groups excluding carboxylic acids is 2. The summed E-state index contributed by atoms with van der Waals surface area (Å²) < 4.78 is 0. The lowest BCUT2D eigenvalue weighted by molar-refractivity contribution is -0.121. The van der Waals surface area contributed by atoms with Gasteiger partial charge in [0.2, 0.25) is 5.91 Å². The molecule has 5 heteroatoms. The lowest BCUT2D eigenvalue weighted by Gasteiger charge is -2.15. The predicted octanol–water partition coefficient (Wildman–Crippen LogP) is 1.76. The molecule has 1 aliphatic rings. The highest BCUT2D eigenvalue weighted by Gasteiger charge is 2.19. The van der Waals surface area contributed by atoms with Crippen molar-refractivity contribution in [1.82, 2.24) is 5.43 Å². The van der Waals surface area contributed by atoms with Gasteiger partial charge < -0.3 is 5.32 Å². The molecule has 2 amide bonds. The fourth-order valence-corrected chi connectivity index (χ4v) is 2.03. The standard InChI is InChI=1S/C14H17N3O2/c1-3-10-6-4-5-9(2)13(10)15-14(19)11-7-8-12(18)17-16-11/h4-6H,3,7-8H2,1-2H3,(H,15,19)(H,17,18). The number of hydrazone groups is 1. The molecule has 0 unspecified atom stereocenters. The van der Waals surface area contributed by atoms with E-state index >= 15 is 0 Å². The summed E-state index contributed by atoms with van der Waals surface area (Å²) in [6.45, 7) is 4.00. The Morgan fingerprint density at radius 3 is 2.84 bits per heavy atom. The number of amides is 2. The molecule has 0 fully saturated rings. The highest BCUT2D eigenvalue weighted by Crippen LogP contribution is 2.21. The molecule has 1 aromatic rings. The van der Waals surface area contributed by atoms with Crippen molar-refractivity contribution < 1.29 is 9.59 Å². The molecule has 19 heavy (non-hydrogen) atoms. The van der Waals surface area contributed by atoms with Crippen LogP contribution in [0.3, 0.4) is 0 Å². The molecular weight excluding hydrogens is 242 g/mol. The van der Waals surface area contributed by atoms with E-state index < -0.39 is 0 Å². The van der Waals surface area contributed by atoms with Crippen molar-refractivity contribution >= 4 is 23.2 Å². The summed E-state index contributed by atoms with van der Waals surface area (Å²) in [5.74, 6) is -0.398. The second kappa shape index (κ2) is 5.65. The largest absolute Gasteiger partial charge is 0.320 e. The van der Waals surface area contributed by atoms with Crippen LogP contribution in [0.25, 0.3) is 0 Å². The molecule has 1 aromatic carbocycles. The van der Waals surface area contributed by atoms with Crippen LogP contribution in [0, 0.1) is 6.92 Å². The first-order valence-corrected chi connectivity index (χ1v) is 6.37. The van der Waals surface area contributed by atoms with E-state index in [1.54, 1.807) is 0 Å². The van der Waals surface area contributed by atoms with Crippen LogP contribution in [0.4, 0.5) is 5.69 Å². The lowest BCUT2D eigenvalue weighted by Crippen LogP contribution is -2.33. The van der Waals surface area contributed by atoms with Crippen molar-refractivity contribution in [3.8, 4) is 0 Å². The fourth-order valence-electron chi connectivity index (χ4n) is 2.03. The Kier molecular flexibility index (Phi) is 3.94. The van der Waals surface area contributed by atoms with Crippen LogP contribution in [0.5, 0.6) is 0 Å². The molecule has 2 N–H and O–H groups in total. The van der Waals surface area contributed by atoms with Crippen LogP contribution in [-0.4, -0.2) is 17.5 Å². The first-order valence-electron chi connectivity index (χ1n) is 6.37. The van der Waals surface area contributed by atoms with Gasteiger partial charge in [0.25, 0.3) is 5.91 Å². The Labute approximate surface area is 112 Å². The monoisotopic (exact) mass is 259 g/mol. The number of benzene rings is 1. The summed E-state index contributed by atoms with van der Waals surface area (Å²) in [6, 6.07) is 5.93. The summed E-state index contributed by atoms with van der Waals surface area (Å²) in [5.41, 5.74) is 5.65. The van der Waals surface area contributed by atoms with Gasteiger partial charge in [-0.3, -0.25) is 9.59 Å². The quantitative estimate of drug-likeness (QED) is 0.868. The van der Waals surface area contributed by atoms with Gasteiger partial charge in [-0.2, -0.15) is 5.10 Å². The molecule has 0 aliphatic carbocycles. The first kappa shape index (κ1) is 13.3. The van der Waals surface area contributed by atoms with E-state index in [4.69, 9.17) is 0 Å². The molecular formula is C14H17N3O2. The van der Waals surface area contributed by atoms with E-state index in [0.717, 1.165) is 23.2 Å². The molecule has 5 nitrogen and oxygen atoms in total. The number of nitrogens with zero attached hydrogens (tertiary/aromatic N) is 1. The molecule has 0 saturated carbocycles. The van der Waals surface area contributed by atoms with Crippen LogP contribution in [-0.2, 0) is 16.0 Å². The van der Waals surface area contributed by atoms with Crippen LogP contribution >= 0.6 is 0 Å². The maximum atomic E-state index is 12.1. The average molecular weight is 259 g/mol. The van der Waals surface area contributed by atoms with Gasteiger partial charge in [0.15, 0.2) is 0 Å². The van der Waals surface area contributed by atoms with Crippen LogP contribution < -0.4 is 10.7 Å². The van der Waals surface area contributed by atoms with Crippen molar-refractivity contribution in [2.75, 3.05) is 5.32 Å². The Balaban J connectivity index is 2.17. The van der Waals surface area contributed by atoms with Crippen molar-refractivity contribution in [2.45, 2.75) is 33.1 Å². The third-order valence-corrected chi connectivity index (χ3v) is 3.15. The molecule has 0 spiro atoms. The Morgan fingerprint density at radius 1 is 1.42 bits per heavy atom. The van der Waals surface area contributed by atoms with Gasteiger partial charge in [-0.15, -0.1) is 0 Å². The smallest absolute Gasteiger partial charge is 0.271 e. The van der Waals surface area contributed by atoms with Gasteiger partial charge in [0.05, 0.1) is 0 Å². The Hall–Kier alpha value is -2.17. The Bertz CT molecular complexity index is 550. The van der Waals surface area contributed by atoms with E-state index in [1.807, 2.05) is 32.0 Å². The third-order valence-electron chi connectivity index (χ3n) is 3.15. The minimum absolute atomic E-state index is 0.151. The minimum Gasteiger partial charge on any atom is -0.320 e. The van der Waals surface area contributed by atoms with Crippen molar-refractivity contribution in [3.63, 3.8) is 0 Å². The second-order valence-corrected chi connectivity index (χ2v) is 4.51. The highest BCUT2D eigenvalue weighted by molar-refractivity contribution is 6.43. The Morgan fingerprint density at radius 2 is 2.21 bits per heavy atom. The number of aryl methyl sites for hydroxylation is 2. The molecule has 2 rings (SSSR count). The number of hydrogen-bond acceptors (Lipinski definition) is 3. The van der Waals surface area contributed by atoms with Gasteiger partial charge >= 0.3 is 0 Å².